The molecule has 146 valence electrons. The normalized spacial score (nSPS) is 11.2. The number of nitrogens with zero attached hydrogens (tertiary/aromatic N) is 3. The van der Waals surface area contributed by atoms with Gasteiger partial charge >= 0.3 is 0 Å². The number of carbonyl (C=O) groups is 1. The molecule has 1 N–H and O–H groups in total. The molecule has 6 heteroatoms. The summed E-state index contributed by atoms with van der Waals surface area (Å²) in [5.41, 5.74) is 3.97. The van der Waals surface area contributed by atoms with Crippen LogP contribution in [0.3, 0.4) is 0 Å². The highest BCUT2D eigenvalue weighted by Crippen LogP contribution is 2.21. The molecule has 3 rings (SSSR count). The topological polar surface area (TPSA) is 70.7 Å². The van der Waals surface area contributed by atoms with E-state index in [9.17, 15) is 14.4 Å². The summed E-state index contributed by atoms with van der Waals surface area (Å²) in [4.78, 5) is 12.4. The van der Waals surface area contributed by atoms with Gasteiger partial charge in [-0.3, -0.25) is 4.79 Å². The summed E-state index contributed by atoms with van der Waals surface area (Å²) in [5, 5.41) is 16.7. The van der Waals surface area contributed by atoms with E-state index in [4.69, 9.17) is 0 Å². The molecule has 1 aromatic heterocycles. The van der Waals surface area contributed by atoms with Crippen LogP contribution in [0.15, 0.2) is 60.2 Å². The number of halogens is 1. The molecule has 0 aliphatic rings. The van der Waals surface area contributed by atoms with Crippen molar-refractivity contribution >= 4 is 12.0 Å². The van der Waals surface area contributed by atoms with Gasteiger partial charge in [0.2, 0.25) is 0 Å². The molecule has 0 unspecified atom stereocenters. The minimum absolute atomic E-state index is 0.0166. The second-order valence-electron chi connectivity index (χ2n) is 6.63. The Morgan fingerprint density at radius 2 is 1.86 bits per heavy atom. The van der Waals surface area contributed by atoms with E-state index in [2.05, 4.69) is 10.4 Å². The van der Waals surface area contributed by atoms with Crippen molar-refractivity contribution in [2.75, 3.05) is 6.54 Å². The molecule has 0 bridgehead atoms. The van der Waals surface area contributed by atoms with Crippen molar-refractivity contribution in [1.82, 2.24) is 15.1 Å². The number of nitrogens with one attached hydrogen (secondary N) is 1. The second kappa shape index (κ2) is 8.98. The fourth-order valence-electron chi connectivity index (χ4n) is 3.05. The largest absolute Gasteiger partial charge is 0.351 e. The molecule has 0 aliphatic heterocycles. The third-order valence-electron chi connectivity index (χ3n) is 4.61. The van der Waals surface area contributed by atoms with E-state index < -0.39 is 5.91 Å². The predicted molar refractivity (Wildman–Crippen MR) is 110 cm³/mol. The Morgan fingerprint density at radius 3 is 2.52 bits per heavy atom. The summed E-state index contributed by atoms with van der Waals surface area (Å²) in [5.74, 6) is -0.744. The maximum atomic E-state index is 13.2. The van der Waals surface area contributed by atoms with E-state index in [1.165, 1.54) is 12.1 Å². The minimum atomic E-state index is -0.420. The lowest BCUT2D eigenvalue weighted by Gasteiger charge is -2.06. The van der Waals surface area contributed by atoms with E-state index in [-0.39, 0.29) is 11.4 Å². The Morgan fingerprint density at radius 1 is 1.17 bits per heavy atom. The molecule has 0 radical (unpaired) electrons. The standard InChI is InChI=1S/C23H21FN4O/c1-16-22(17(2)28(27-16)21-10-8-20(24)9-11-21)14-19(15-25)23(29)26-13-12-18-6-4-3-5-7-18/h3-11,14H,12-13H2,1-2H3,(H,26,29)/b19-14+. The van der Waals surface area contributed by atoms with Crippen LogP contribution in [0.25, 0.3) is 11.8 Å². The average Bonchev–Trinajstić information content (AvgIpc) is 3.01. The number of hydrogen-bond acceptors (Lipinski definition) is 3. The van der Waals surface area contributed by atoms with Crippen molar-refractivity contribution in [3.8, 4) is 11.8 Å². The van der Waals surface area contributed by atoms with Crippen molar-refractivity contribution in [2.45, 2.75) is 20.3 Å². The lowest BCUT2D eigenvalue weighted by Crippen LogP contribution is -2.26. The maximum Gasteiger partial charge on any atom is 0.261 e. The van der Waals surface area contributed by atoms with E-state index in [0.29, 0.717) is 29.9 Å². The molecule has 29 heavy (non-hydrogen) atoms. The van der Waals surface area contributed by atoms with Gasteiger partial charge in [0.05, 0.1) is 11.4 Å². The van der Waals surface area contributed by atoms with Crippen LogP contribution >= 0.6 is 0 Å². The van der Waals surface area contributed by atoms with Gasteiger partial charge in [0.15, 0.2) is 0 Å². The molecule has 0 saturated carbocycles. The molecular weight excluding hydrogens is 367 g/mol. The number of aryl methyl sites for hydroxylation is 1. The molecule has 1 heterocycles. The van der Waals surface area contributed by atoms with Crippen molar-refractivity contribution in [3.63, 3.8) is 0 Å². The zero-order chi connectivity index (χ0) is 20.8. The van der Waals surface area contributed by atoms with Crippen molar-refractivity contribution in [1.29, 1.82) is 5.26 Å². The fourth-order valence-corrected chi connectivity index (χ4v) is 3.05. The molecule has 2 aromatic carbocycles. The first-order valence-corrected chi connectivity index (χ1v) is 9.25. The van der Waals surface area contributed by atoms with Crippen LogP contribution in [0, 0.1) is 31.0 Å². The first kappa shape index (κ1) is 20.0. The van der Waals surface area contributed by atoms with Crippen molar-refractivity contribution in [2.24, 2.45) is 0 Å². The van der Waals surface area contributed by atoms with Gasteiger partial charge < -0.3 is 5.32 Å². The number of carbonyl (C=O) groups excluding carboxylic acids is 1. The van der Waals surface area contributed by atoms with E-state index in [0.717, 1.165) is 11.3 Å². The lowest BCUT2D eigenvalue weighted by atomic mass is 10.1. The van der Waals surface area contributed by atoms with Crippen molar-refractivity contribution in [3.05, 3.63) is 88.5 Å². The van der Waals surface area contributed by atoms with Gasteiger partial charge in [-0.1, -0.05) is 30.3 Å². The van der Waals surface area contributed by atoms with Crippen LogP contribution in [-0.4, -0.2) is 22.2 Å². The quantitative estimate of drug-likeness (QED) is 0.514. The minimum Gasteiger partial charge on any atom is -0.351 e. The zero-order valence-electron chi connectivity index (χ0n) is 16.3. The van der Waals surface area contributed by atoms with Gasteiger partial charge in [0.25, 0.3) is 5.91 Å². The van der Waals surface area contributed by atoms with E-state index in [1.54, 1.807) is 29.8 Å². The smallest absolute Gasteiger partial charge is 0.261 e. The average molecular weight is 388 g/mol. The summed E-state index contributed by atoms with van der Waals surface area (Å²) in [7, 11) is 0. The van der Waals surface area contributed by atoms with Crippen LogP contribution in [0.5, 0.6) is 0 Å². The van der Waals surface area contributed by atoms with Gasteiger partial charge in [-0.15, -0.1) is 0 Å². The Hall–Kier alpha value is -3.72. The Kier molecular flexibility index (Phi) is 6.20. The van der Waals surface area contributed by atoms with Gasteiger partial charge in [0, 0.05) is 17.8 Å². The van der Waals surface area contributed by atoms with Crippen LogP contribution in [-0.2, 0) is 11.2 Å². The van der Waals surface area contributed by atoms with Crippen LogP contribution in [0.4, 0.5) is 4.39 Å². The Balaban J connectivity index is 1.77. The molecule has 1 amide bonds. The lowest BCUT2D eigenvalue weighted by molar-refractivity contribution is -0.117. The molecule has 0 spiro atoms. The first-order valence-electron chi connectivity index (χ1n) is 9.25. The molecule has 0 aliphatic carbocycles. The van der Waals surface area contributed by atoms with Crippen LogP contribution in [0.1, 0.15) is 22.5 Å². The molecule has 5 nitrogen and oxygen atoms in total. The number of amides is 1. The Bertz CT molecular complexity index is 1080. The Labute approximate surface area is 169 Å². The number of hydrogen-bond donors (Lipinski definition) is 1. The van der Waals surface area contributed by atoms with Gasteiger partial charge in [-0.2, -0.15) is 10.4 Å². The van der Waals surface area contributed by atoms with Crippen LogP contribution < -0.4 is 5.32 Å². The monoisotopic (exact) mass is 388 g/mol. The molecular formula is C23H21FN4O. The highest BCUT2D eigenvalue weighted by atomic mass is 19.1. The fraction of sp³-hybridized carbons (Fsp3) is 0.174. The van der Waals surface area contributed by atoms with E-state index in [1.807, 2.05) is 43.3 Å². The zero-order valence-corrected chi connectivity index (χ0v) is 16.3. The first-order chi connectivity index (χ1) is 14.0. The molecule has 0 fully saturated rings. The number of aromatic nitrogens is 2. The SMILES string of the molecule is Cc1nn(-c2ccc(F)cc2)c(C)c1/C=C(\C#N)C(=O)NCCc1ccccc1. The number of rotatable bonds is 6. The third-order valence-corrected chi connectivity index (χ3v) is 4.61. The summed E-state index contributed by atoms with van der Waals surface area (Å²) >= 11 is 0. The summed E-state index contributed by atoms with van der Waals surface area (Å²) in [6.45, 7) is 4.09. The van der Waals surface area contributed by atoms with Gasteiger partial charge in [0.1, 0.15) is 17.5 Å². The second-order valence-corrected chi connectivity index (χ2v) is 6.63. The van der Waals surface area contributed by atoms with Gasteiger partial charge in [-0.05, 0) is 56.2 Å². The highest BCUT2D eigenvalue weighted by Gasteiger charge is 2.15. The number of nitriles is 1. The van der Waals surface area contributed by atoms with Crippen molar-refractivity contribution < 1.29 is 9.18 Å². The summed E-state index contributed by atoms with van der Waals surface area (Å²) in [6, 6.07) is 17.8. The van der Waals surface area contributed by atoms with E-state index >= 15 is 0 Å². The number of benzene rings is 2. The molecule has 0 atom stereocenters. The summed E-state index contributed by atoms with van der Waals surface area (Å²) < 4.78 is 14.9. The van der Waals surface area contributed by atoms with Crippen LogP contribution in [0.2, 0.25) is 0 Å². The third kappa shape index (κ3) is 4.77. The molecule has 3 aromatic rings. The predicted octanol–water partition coefficient (Wildman–Crippen LogP) is 3.89. The maximum absolute atomic E-state index is 13.2. The van der Waals surface area contributed by atoms with Gasteiger partial charge in [-0.25, -0.2) is 9.07 Å². The molecule has 0 saturated heterocycles. The summed E-state index contributed by atoms with van der Waals surface area (Å²) in [6.07, 6.45) is 2.24. The highest BCUT2D eigenvalue weighted by molar-refractivity contribution is 6.01.